The molecule has 1 saturated carbocycles. The van der Waals surface area contributed by atoms with Crippen molar-refractivity contribution in [1.82, 2.24) is 4.98 Å². The van der Waals surface area contributed by atoms with Crippen molar-refractivity contribution in [3.05, 3.63) is 34.6 Å². The molecule has 2 aromatic rings. The van der Waals surface area contributed by atoms with Crippen LogP contribution >= 0.6 is 15.9 Å². The fourth-order valence-corrected chi connectivity index (χ4v) is 3.69. The van der Waals surface area contributed by atoms with Gasteiger partial charge in [-0.3, -0.25) is 4.98 Å². The third-order valence-corrected chi connectivity index (χ3v) is 4.75. The van der Waals surface area contributed by atoms with Crippen molar-refractivity contribution in [1.29, 1.82) is 0 Å². The Labute approximate surface area is 122 Å². The van der Waals surface area contributed by atoms with E-state index in [1.54, 1.807) is 7.11 Å². The maximum Gasteiger partial charge on any atom is 0.126 e. The van der Waals surface area contributed by atoms with Crippen LogP contribution in [0.4, 0.5) is 0 Å². The zero-order valence-electron chi connectivity index (χ0n) is 11.2. The fraction of sp³-hybridized carbons (Fsp3) is 0.438. The van der Waals surface area contributed by atoms with Crippen molar-refractivity contribution < 1.29 is 4.74 Å². The standard InChI is InChI=1S/C16H18BrNO/c1-19-15-7-6-13(17)16-12(15)8-9-18-14(16)10-11-4-2-3-5-11/h6-9,11H,2-5,10H2,1H3. The highest BCUT2D eigenvalue weighted by Crippen LogP contribution is 2.36. The van der Waals surface area contributed by atoms with Gasteiger partial charge >= 0.3 is 0 Å². The van der Waals surface area contributed by atoms with Gasteiger partial charge in [0.1, 0.15) is 5.75 Å². The van der Waals surface area contributed by atoms with E-state index in [1.165, 1.54) is 36.8 Å². The highest BCUT2D eigenvalue weighted by molar-refractivity contribution is 9.10. The summed E-state index contributed by atoms with van der Waals surface area (Å²) in [7, 11) is 1.72. The molecule has 19 heavy (non-hydrogen) atoms. The molecule has 0 atom stereocenters. The van der Waals surface area contributed by atoms with Crippen LogP contribution in [-0.2, 0) is 6.42 Å². The Morgan fingerprint density at radius 2 is 2.05 bits per heavy atom. The molecule has 0 bridgehead atoms. The molecule has 3 heteroatoms. The van der Waals surface area contributed by atoms with Gasteiger partial charge in [-0.25, -0.2) is 0 Å². The normalized spacial score (nSPS) is 16.1. The summed E-state index contributed by atoms with van der Waals surface area (Å²) in [4.78, 5) is 4.62. The molecule has 1 heterocycles. The predicted molar refractivity (Wildman–Crippen MR) is 81.7 cm³/mol. The SMILES string of the molecule is COc1ccc(Br)c2c(CC3CCCC3)nccc12. The molecule has 1 fully saturated rings. The van der Waals surface area contributed by atoms with Gasteiger partial charge < -0.3 is 4.74 Å². The van der Waals surface area contributed by atoms with Gasteiger partial charge in [0.05, 0.1) is 7.11 Å². The van der Waals surface area contributed by atoms with E-state index in [1.807, 2.05) is 18.3 Å². The highest BCUT2D eigenvalue weighted by Gasteiger charge is 2.18. The van der Waals surface area contributed by atoms with Crippen LogP contribution in [0.3, 0.4) is 0 Å². The van der Waals surface area contributed by atoms with E-state index in [9.17, 15) is 0 Å². The molecule has 0 amide bonds. The van der Waals surface area contributed by atoms with E-state index in [2.05, 4.69) is 27.0 Å². The minimum absolute atomic E-state index is 0.802. The molecule has 0 aliphatic heterocycles. The number of ether oxygens (including phenoxy) is 1. The monoisotopic (exact) mass is 319 g/mol. The van der Waals surface area contributed by atoms with Crippen LogP contribution in [0.1, 0.15) is 31.4 Å². The number of rotatable bonds is 3. The lowest BCUT2D eigenvalue weighted by Crippen LogP contribution is -2.02. The number of nitrogens with zero attached hydrogens (tertiary/aromatic N) is 1. The topological polar surface area (TPSA) is 22.1 Å². The summed E-state index contributed by atoms with van der Waals surface area (Å²) in [5, 5.41) is 2.37. The zero-order chi connectivity index (χ0) is 13.2. The lowest BCUT2D eigenvalue weighted by Gasteiger charge is -2.13. The Morgan fingerprint density at radius 1 is 1.26 bits per heavy atom. The van der Waals surface area contributed by atoms with Gasteiger partial charge in [-0.15, -0.1) is 0 Å². The number of hydrogen-bond donors (Lipinski definition) is 0. The van der Waals surface area contributed by atoms with Gasteiger partial charge in [-0.05, 0) is 30.5 Å². The number of fused-ring (bicyclic) bond motifs is 1. The van der Waals surface area contributed by atoms with E-state index in [0.717, 1.165) is 27.9 Å². The average molecular weight is 320 g/mol. The van der Waals surface area contributed by atoms with Crippen molar-refractivity contribution in [2.75, 3.05) is 7.11 Å². The van der Waals surface area contributed by atoms with Crippen molar-refractivity contribution in [3.63, 3.8) is 0 Å². The maximum absolute atomic E-state index is 5.46. The quantitative estimate of drug-likeness (QED) is 0.815. The summed E-state index contributed by atoms with van der Waals surface area (Å²) >= 11 is 3.66. The molecule has 2 nitrogen and oxygen atoms in total. The van der Waals surface area contributed by atoms with Gasteiger partial charge in [0.2, 0.25) is 0 Å². The molecule has 0 spiro atoms. The molecule has 0 radical (unpaired) electrons. The summed E-state index contributed by atoms with van der Waals surface area (Å²) in [5.41, 5.74) is 1.20. The van der Waals surface area contributed by atoms with Crippen LogP contribution in [0.2, 0.25) is 0 Å². The predicted octanol–water partition coefficient (Wildman–Crippen LogP) is 4.74. The molecule has 100 valence electrons. The molecule has 3 rings (SSSR count). The first-order valence-corrected chi connectivity index (χ1v) is 7.69. The van der Waals surface area contributed by atoms with Gasteiger partial charge in [0.15, 0.2) is 0 Å². The Balaban J connectivity index is 2.08. The smallest absolute Gasteiger partial charge is 0.126 e. The average Bonchev–Trinajstić information content (AvgIpc) is 2.92. The molecule has 0 unspecified atom stereocenters. The van der Waals surface area contributed by atoms with Crippen LogP contribution in [0.5, 0.6) is 5.75 Å². The summed E-state index contributed by atoms with van der Waals surface area (Å²) in [5.74, 6) is 1.73. The van der Waals surface area contributed by atoms with Gasteiger partial charge in [0.25, 0.3) is 0 Å². The number of benzene rings is 1. The second-order valence-corrected chi connectivity index (χ2v) is 6.14. The summed E-state index contributed by atoms with van der Waals surface area (Å²) in [6.45, 7) is 0. The van der Waals surface area contributed by atoms with Crippen molar-refractivity contribution in [3.8, 4) is 5.75 Å². The molecule has 1 aromatic carbocycles. The number of methoxy groups -OCH3 is 1. The number of hydrogen-bond acceptors (Lipinski definition) is 2. The molecule has 1 aliphatic rings. The Hall–Kier alpha value is -1.09. The molecule has 1 aliphatic carbocycles. The number of halogens is 1. The fourth-order valence-electron chi connectivity index (χ4n) is 3.12. The van der Waals surface area contributed by atoms with Crippen LogP contribution in [0, 0.1) is 5.92 Å². The van der Waals surface area contributed by atoms with E-state index in [-0.39, 0.29) is 0 Å². The lowest BCUT2D eigenvalue weighted by molar-refractivity contribution is 0.419. The summed E-state index contributed by atoms with van der Waals surface area (Å²) in [6, 6.07) is 6.10. The van der Waals surface area contributed by atoms with Crippen LogP contribution in [-0.4, -0.2) is 12.1 Å². The highest BCUT2D eigenvalue weighted by atomic mass is 79.9. The molecule has 0 saturated heterocycles. The first-order chi connectivity index (χ1) is 9.29. The van der Waals surface area contributed by atoms with E-state index < -0.39 is 0 Å². The van der Waals surface area contributed by atoms with Gasteiger partial charge in [-0.1, -0.05) is 41.6 Å². The Kier molecular flexibility index (Phi) is 3.74. The second kappa shape index (κ2) is 5.49. The summed E-state index contributed by atoms with van der Waals surface area (Å²) < 4.78 is 6.57. The summed E-state index contributed by atoms with van der Waals surface area (Å²) in [6.07, 6.45) is 8.43. The van der Waals surface area contributed by atoms with Crippen LogP contribution < -0.4 is 4.74 Å². The third kappa shape index (κ3) is 2.48. The molecular formula is C16H18BrNO. The lowest BCUT2D eigenvalue weighted by atomic mass is 9.98. The first kappa shape index (κ1) is 12.9. The van der Waals surface area contributed by atoms with E-state index >= 15 is 0 Å². The molecule has 0 N–H and O–H groups in total. The Bertz CT molecular complexity index is 591. The zero-order valence-corrected chi connectivity index (χ0v) is 12.7. The Morgan fingerprint density at radius 3 is 2.79 bits per heavy atom. The minimum Gasteiger partial charge on any atom is -0.496 e. The molecule has 1 aromatic heterocycles. The van der Waals surface area contributed by atoms with Crippen LogP contribution in [0.25, 0.3) is 10.8 Å². The van der Waals surface area contributed by atoms with Crippen molar-refractivity contribution in [2.45, 2.75) is 32.1 Å². The maximum atomic E-state index is 5.46. The van der Waals surface area contributed by atoms with E-state index in [4.69, 9.17) is 4.74 Å². The number of aromatic nitrogens is 1. The van der Waals surface area contributed by atoms with Crippen LogP contribution in [0.15, 0.2) is 28.9 Å². The largest absolute Gasteiger partial charge is 0.496 e. The molecular weight excluding hydrogens is 302 g/mol. The van der Waals surface area contributed by atoms with Crippen molar-refractivity contribution >= 4 is 26.7 Å². The number of pyridine rings is 1. The first-order valence-electron chi connectivity index (χ1n) is 6.89. The second-order valence-electron chi connectivity index (χ2n) is 5.28. The van der Waals surface area contributed by atoms with Gasteiger partial charge in [0, 0.05) is 27.1 Å². The third-order valence-electron chi connectivity index (χ3n) is 4.09. The van der Waals surface area contributed by atoms with Crippen molar-refractivity contribution in [2.24, 2.45) is 5.92 Å². The van der Waals surface area contributed by atoms with E-state index in [0.29, 0.717) is 0 Å². The minimum atomic E-state index is 0.802. The van der Waals surface area contributed by atoms with Gasteiger partial charge in [-0.2, -0.15) is 0 Å².